The molecular weight excluding hydrogens is 889 g/mol. The number of aliphatic hydroxyl groups is 3. The maximum atomic E-state index is 14.0. The normalized spacial score (nSPS) is 15.0. The van der Waals surface area contributed by atoms with Gasteiger partial charge in [-0.05, 0) is 71.4 Å². The van der Waals surface area contributed by atoms with Crippen molar-refractivity contribution in [1.82, 2.24) is 47.2 Å². The van der Waals surface area contributed by atoms with Crippen LogP contribution >= 0.6 is 0 Å². The number of carbonyl (C=O) groups excluding carboxylic acids is 8. The zero-order valence-electron chi connectivity index (χ0n) is 37.3. The number of guanidine groups is 1. The van der Waals surface area contributed by atoms with Gasteiger partial charge in [0.1, 0.15) is 48.3 Å². The van der Waals surface area contributed by atoms with E-state index in [1.807, 2.05) is 0 Å². The molecule has 0 saturated heterocycles. The lowest BCUT2D eigenvalue weighted by Crippen LogP contribution is -2.61. The number of rotatable bonds is 34. The largest absolute Gasteiger partial charge is 0.480 e. The van der Waals surface area contributed by atoms with E-state index >= 15 is 0 Å². The fourth-order valence-corrected chi connectivity index (χ4v) is 6.03. The number of carbonyl (C=O) groups is 9. The van der Waals surface area contributed by atoms with Crippen molar-refractivity contribution < 1.29 is 63.6 Å². The number of amides is 8. The van der Waals surface area contributed by atoms with Crippen LogP contribution in [0.1, 0.15) is 70.4 Å². The van der Waals surface area contributed by atoms with Crippen molar-refractivity contribution in [3.63, 3.8) is 0 Å². The monoisotopic (exact) mass is 957 g/mol. The molecule has 24 N–H and O–H groups in total. The number of imidazole rings is 1. The predicted molar refractivity (Wildman–Crippen MR) is 237 cm³/mol. The number of carboxylic acids is 1. The van der Waals surface area contributed by atoms with Crippen LogP contribution in [0.4, 0.5) is 0 Å². The van der Waals surface area contributed by atoms with Crippen molar-refractivity contribution in [1.29, 1.82) is 0 Å². The van der Waals surface area contributed by atoms with Crippen LogP contribution in [0.15, 0.2) is 17.5 Å². The highest BCUT2D eigenvalue weighted by molar-refractivity contribution is 5.98. The zero-order valence-corrected chi connectivity index (χ0v) is 37.3. The van der Waals surface area contributed by atoms with Gasteiger partial charge in [-0.25, -0.2) is 9.78 Å². The van der Waals surface area contributed by atoms with E-state index in [4.69, 9.17) is 34.4 Å². The molecule has 0 unspecified atom stereocenters. The summed E-state index contributed by atoms with van der Waals surface area (Å²) < 4.78 is 0. The van der Waals surface area contributed by atoms with Crippen LogP contribution < -0.4 is 71.6 Å². The molecule has 0 spiro atoms. The van der Waals surface area contributed by atoms with Crippen molar-refractivity contribution in [3.8, 4) is 0 Å². The van der Waals surface area contributed by atoms with E-state index in [9.17, 15) is 63.6 Å². The van der Waals surface area contributed by atoms with E-state index in [0.29, 0.717) is 31.4 Å². The van der Waals surface area contributed by atoms with E-state index in [1.54, 1.807) is 0 Å². The molecule has 1 heterocycles. The number of nitrogens with one attached hydrogen (secondary N) is 8. The average molecular weight is 957 g/mol. The molecule has 0 aliphatic rings. The second kappa shape index (κ2) is 31.4. The summed E-state index contributed by atoms with van der Waals surface area (Å²) in [5, 5.41) is 55.4. The highest BCUT2D eigenvalue weighted by Gasteiger charge is 2.35. The molecule has 0 aliphatic carbocycles. The summed E-state index contributed by atoms with van der Waals surface area (Å²) >= 11 is 0. The van der Waals surface area contributed by atoms with Crippen molar-refractivity contribution in [3.05, 3.63) is 18.2 Å². The molecule has 29 heteroatoms. The number of nitrogens with zero attached hydrogens (tertiary/aromatic N) is 2. The molecule has 1 aromatic heterocycles. The van der Waals surface area contributed by atoms with E-state index in [0.717, 1.165) is 0 Å². The minimum atomic E-state index is -1.86. The minimum absolute atomic E-state index is 0.0268. The summed E-state index contributed by atoms with van der Waals surface area (Å²) in [6.07, 6.45) is 1.69. The Morgan fingerprint density at radius 3 is 1.42 bits per heavy atom. The Bertz CT molecular complexity index is 1800. The number of aliphatic imine (C=N–C) groups is 1. The third-order valence-electron chi connectivity index (χ3n) is 9.82. The SMILES string of the molecule is C[C@@H](O)[C@H](N)C(=O)N[C@@H](CO)C(=O)N[C@@H](CO)C(=O)N[C@@H](CC(N)=O)C(=O)N[C@@H](CCCN=C(N)N)C(=O)N[C@@H](CCCCN)C(=O)N[C@@H](CCCCN)C(=O)N[C@@H](Cc1cnc[nH]1)C(=O)O. The van der Waals surface area contributed by atoms with Crippen LogP contribution in [0.25, 0.3) is 0 Å². The van der Waals surface area contributed by atoms with Gasteiger partial charge in [0.15, 0.2) is 5.96 Å². The lowest BCUT2D eigenvalue weighted by atomic mass is 10.0. The Morgan fingerprint density at radius 2 is 1.03 bits per heavy atom. The Balaban J connectivity index is 3.41. The van der Waals surface area contributed by atoms with Gasteiger partial charge in [-0.15, -0.1) is 0 Å². The van der Waals surface area contributed by atoms with Gasteiger partial charge >= 0.3 is 5.97 Å². The third-order valence-corrected chi connectivity index (χ3v) is 9.82. The van der Waals surface area contributed by atoms with Crippen LogP contribution in [0.2, 0.25) is 0 Å². The molecular formula is C38H68N16O13. The fourth-order valence-electron chi connectivity index (χ4n) is 6.03. The number of hydrogen-bond acceptors (Lipinski definition) is 17. The van der Waals surface area contributed by atoms with E-state index < -0.39 is 127 Å². The number of hydrogen-bond donors (Lipinski definition) is 18. The van der Waals surface area contributed by atoms with Crippen molar-refractivity contribution in [2.75, 3.05) is 32.8 Å². The summed E-state index contributed by atoms with van der Waals surface area (Å²) in [6, 6.07) is -12.5. The van der Waals surface area contributed by atoms with Crippen LogP contribution in [-0.4, -0.2) is 177 Å². The first-order valence-electron chi connectivity index (χ1n) is 21.4. The quantitative estimate of drug-likeness (QED) is 0.0173. The second-order valence-corrected chi connectivity index (χ2v) is 15.4. The Morgan fingerprint density at radius 1 is 0.627 bits per heavy atom. The molecule has 1 rings (SSSR count). The van der Waals surface area contributed by atoms with E-state index in [2.05, 4.69) is 52.2 Å². The lowest BCUT2D eigenvalue weighted by molar-refractivity contribution is -0.142. The number of aromatic nitrogens is 2. The first kappa shape index (κ1) is 58.5. The summed E-state index contributed by atoms with van der Waals surface area (Å²) in [5.41, 5.74) is 33.5. The minimum Gasteiger partial charge on any atom is -0.480 e. The fraction of sp³-hybridized carbons (Fsp3) is 0.658. The maximum Gasteiger partial charge on any atom is 0.326 e. The maximum absolute atomic E-state index is 14.0. The second-order valence-electron chi connectivity index (χ2n) is 15.4. The number of unbranched alkanes of at least 4 members (excludes halogenated alkanes) is 2. The summed E-state index contributed by atoms with van der Waals surface area (Å²) in [7, 11) is 0. The number of aromatic amines is 1. The molecule has 0 aromatic carbocycles. The molecule has 0 saturated carbocycles. The summed E-state index contributed by atoms with van der Waals surface area (Å²) in [4.78, 5) is 128. The van der Waals surface area contributed by atoms with Crippen molar-refractivity contribution in [2.24, 2.45) is 39.4 Å². The molecule has 0 bridgehead atoms. The van der Waals surface area contributed by atoms with Crippen LogP contribution in [0.3, 0.4) is 0 Å². The summed E-state index contributed by atoms with van der Waals surface area (Å²) in [6.45, 7) is -0.488. The zero-order chi connectivity index (χ0) is 50.6. The van der Waals surface area contributed by atoms with Gasteiger partial charge in [-0.1, -0.05) is 0 Å². The van der Waals surface area contributed by atoms with Gasteiger partial charge < -0.3 is 97.0 Å². The van der Waals surface area contributed by atoms with E-state index in [1.165, 1.54) is 19.4 Å². The standard InChI is InChI=1S/C38H68N16O13/c1-19(57)29(42)36(65)54-27(17-56)35(64)53-26(16-55)34(63)51-24(14-28(41)58)33(62)50-23(9-6-12-46-38(43)44)31(60)48-21(7-2-4-10-39)30(59)49-22(8-3-5-11-40)32(61)52-25(37(66)67)13-20-15-45-18-47-20/h15,18-19,21-27,29,55-57H,2-14,16-17,39-40,42H2,1H3,(H2,41,58)(H,45,47)(H,48,60)(H,49,59)(H,50,62)(H,51,63)(H,52,61)(H,53,64)(H,54,65)(H,66,67)(H4,43,44,46)/t19-,21+,22+,23+,24+,25+,26+,27+,29+/m1/s1. The highest BCUT2D eigenvalue weighted by Crippen LogP contribution is 2.09. The van der Waals surface area contributed by atoms with Gasteiger partial charge in [0, 0.05) is 24.9 Å². The molecule has 9 atom stereocenters. The van der Waals surface area contributed by atoms with E-state index in [-0.39, 0.29) is 57.7 Å². The number of H-pyrrole nitrogens is 1. The molecule has 0 radical (unpaired) electrons. The van der Waals surface area contributed by atoms with Crippen LogP contribution in [0, 0.1) is 0 Å². The first-order chi connectivity index (χ1) is 31.7. The van der Waals surface area contributed by atoms with Gasteiger partial charge in [-0.2, -0.15) is 0 Å². The number of aliphatic hydroxyl groups excluding tert-OH is 3. The Kier molecular flexibility index (Phi) is 27.4. The molecule has 0 aliphatic heterocycles. The molecule has 0 fully saturated rings. The Labute approximate surface area is 385 Å². The number of nitrogens with two attached hydrogens (primary N) is 6. The van der Waals surface area contributed by atoms with Gasteiger partial charge in [0.05, 0.1) is 32.1 Å². The third kappa shape index (κ3) is 22.5. The number of carboxylic acid groups (broad SMARTS) is 1. The topological polar surface area (TPSA) is 516 Å². The smallest absolute Gasteiger partial charge is 0.326 e. The van der Waals surface area contributed by atoms with Gasteiger partial charge in [-0.3, -0.25) is 43.3 Å². The number of aliphatic carboxylic acids is 1. The molecule has 8 amide bonds. The average Bonchev–Trinajstić information content (AvgIpc) is 3.79. The summed E-state index contributed by atoms with van der Waals surface area (Å²) in [5.74, 6) is -10.1. The number of primary amides is 1. The predicted octanol–water partition coefficient (Wildman–Crippen LogP) is -8.69. The van der Waals surface area contributed by atoms with Crippen LogP contribution in [-0.2, 0) is 49.6 Å². The lowest BCUT2D eigenvalue weighted by Gasteiger charge is -2.27. The molecule has 29 nitrogen and oxygen atoms in total. The van der Waals surface area contributed by atoms with Crippen LogP contribution in [0.5, 0.6) is 0 Å². The highest BCUT2D eigenvalue weighted by atomic mass is 16.4. The molecule has 1 aromatic rings. The first-order valence-corrected chi connectivity index (χ1v) is 21.4. The molecule has 67 heavy (non-hydrogen) atoms. The van der Waals surface area contributed by atoms with Crippen molar-refractivity contribution in [2.45, 2.75) is 126 Å². The van der Waals surface area contributed by atoms with Gasteiger partial charge in [0.2, 0.25) is 47.3 Å². The molecule has 378 valence electrons. The van der Waals surface area contributed by atoms with Crippen molar-refractivity contribution >= 4 is 59.2 Å². The Hall–Kier alpha value is -6.53. The van der Waals surface area contributed by atoms with Gasteiger partial charge in [0.25, 0.3) is 0 Å².